The van der Waals surface area contributed by atoms with Gasteiger partial charge in [0.05, 0.1) is 5.41 Å². The molecule has 0 aromatic heterocycles. The summed E-state index contributed by atoms with van der Waals surface area (Å²) in [6.07, 6.45) is -1.35. The van der Waals surface area contributed by atoms with E-state index in [9.17, 15) is 9.59 Å². The largest absolute Gasteiger partial charge is 0.481 e. The highest BCUT2D eigenvalue weighted by atomic mass is 16.5. The first kappa shape index (κ1) is 33.4. The van der Waals surface area contributed by atoms with Crippen LogP contribution in [0.2, 0.25) is 0 Å². The predicted molar refractivity (Wildman–Crippen MR) is 204 cm³/mol. The van der Waals surface area contributed by atoms with Crippen molar-refractivity contribution in [3.05, 3.63) is 179 Å². The van der Waals surface area contributed by atoms with Crippen molar-refractivity contribution in [3.63, 3.8) is 0 Å². The van der Waals surface area contributed by atoms with Crippen LogP contribution in [-0.2, 0) is 15.0 Å². The smallest absolute Gasteiger partial charge is 0.265 e. The van der Waals surface area contributed by atoms with Crippen LogP contribution >= 0.6 is 0 Å². The highest BCUT2D eigenvalue weighted by Gasteiger charge is 2.45. The van der Waals surface area contributed by atoms with Crippen LogP contribution in [0.1, 0.15) is 47.2 Å². The Morgan fingerprint density at radius 3 is 1.22 bits per heavy atom. The molecular weight excluding hydrogens is 633 g/mol. The van der Waals surface area contributed by atoms with Crippen LogP contribution in [-0.4, -0.2) is 24.0 Å². The van der Waals surface area contributed by atoms with Crippen molar-refractivity contribution >= 4 is 23.2 Å². The maximum Gasteiger partial charge on any atom is 0.265 e. The van der Waals surface area contributed by atoms with Gasteiger partial charge in [0.1, 0.15) is 11.5 Å². The Hall–Kier alpha value is -6.14. The van der Waals surface area contributed by atoms with Crippen molar-refractivity contribution in [1.82, 2.24) is 0 Å². The molecule has 1 aliphatic carbocycles. The molecule has 2 unspecified atom stereocenters. The molecule has 0 fully saturated rings. The van der Waals surface area contributed by atoms with Crippen LogP contribution in [0.15, 0.2) is 146 Å². The number of benzene rings is 6. The summed E-state index contributed by atoms with van der Waals surface area (Å²) in [5.41, 5.74) is 9.76. The van der Waals surface area contributed by atoms with Crippen LogP contribution in [0.5, 0.6) is 11.5 Å². The third kappa shape index (κ3) is 6.61. The van der Waals surface area contributed by atoms with E-state index in [1.54, 1.807) is 13.8 Å². The fraction of sp³-hybridized carbons (Fsp3) is 0.156. The van der Waals surface area contributed by atoms with E-state index < -0.39 is 17.6 Å². The standard InChI is InChI=1S/C45H40N2O4/c1-29-13-25-37(26-14-29)50-31(3)43(48)46-35-21-17-33(18-22-35)45(41-11-7-5-9-39(41)40-10-6-8-12-42(40)45)34-19-23-36(24-20-34)47-44(49)32(4)51-38-27-15-30(2)16-28-38/h5-28,31-32H,1-4H3,(H,46,48)(H,47,49). The number of aryl methyl sites for hydroxylation is 2. The van der Waals surface area contributed by atoms with Crippen molar-refractivity contribution < 1.29 is 19.1 Å². The van der Waals surface area contributed by atoms with Crippen LogP contribution in [0.4, 0.5) is 11.4 Å². The molecule has 2 amide bonds. The van der Waals surface area contributed by atoms with E-state index in [4.69, 9.17) is 9.47 Å². The number of nitrogens with one attached hydrogen (secondary N) is 2. The van der Waals surface area contributed by atoms with Gasteiger partial charge in [0.15, 0.2) is 12.2 Å². The molecule has 0 bridgehead atoms. The van der Waals surface area contributed by atoms with Gasteiger partial charge in [-0.25, -0.2) is 0 Å². The number of hydrogen-bond donors (Lipinski definition) is 2. The molecule has 0 saturated carbocycles. The Morgan fingerprint density at radius 1 is 0.490 bits per heavy atom. The second-order valence-electron chi connectivity index (χ2n) is 13.1. The summed E-state index contributed by atoms with van der Waals surface area (Å²) in [5.74, 6) is 0.834. The first-order valence-electron chi connectivity index (χ1n) is 17.2. The average Bonchev–Trinajstić information content (AvgIpc) is 3.45. The fourth-order valence-corrected chi connectivity index (χ4v) is 6.87. The lowest BCUT2D eigenvalue weighted by molar-refractivity contribution is -0.122. The molecule has 2 N–H and O–H groups in total. The third-order valence-electron chi connectivity index (χ3n) is 9.53. The Morgan fingerprint density at radius 2 is 0.843 bits per heavy atom. The normalized spacial score (nSPS) is 13.6. The van der Waals surface area contributed by atoms with Gasteiger partial charge < -0.3 is 20.1 Å². The minimum atomic E-state index is -0.677. The maximum atomic E-state index is 13.1. The van der Waals surface area contributed by atoms with Crippen molar-refractivity contribution in [2.24, 2.45) is 0 Å². The monoisotopic (exact) mass is 672 g/mol. The van der Waals surface area contributed by atoms with Gasteiger partial charge in [-0.15, -0.1) is 0 Å². The van der Waals surface area contributed by atoms with Gasteiger partial charge in [-0.1, -0.05) is 108 Å². The first-order valence-corrected chi connectivity index (χ1v) is 17.2. The van der Waals surface area contributed by atoms with Crippen molar-refractivity contribution in [2.75, 3.05) is 10.6 Å². The lowest BCUT2D eigenvalue weighted by atomic mass is 9.67. The second-order valence-corrected chi connectivity index (χ2v) is 13.1. The second kappa shape index (κ2) is 14.0. The summed E-state index contributed by atoms with van der Waals surface area (Å²) in [6.45, 7) is 7.51. The quantitative estimate of drug-likeness (QED) is 0.152. The zero-order valence-corrected chi connectivity index (χ0v) is 29.1. The molecule has 254 valence electrons. The number of amides is 2. The summed E-state index contributed by atoms with van der Waals surface area (Å²) in [4.78, 5) is 26.2. The van der Waals surface area contributed by atoms with Crippen molar-refractivity contribution in [1.29, 1.82) is 0 Å². The van der Waals surface area contributed by atoms with Gasteiger partial charge in [0, 0.05) is 11.4 Å². The van der Waals surface area contributed by atoms with E-state index in [-0.39, 0.29) is 11.8 Å². The molecule has 6 nitrogen and oxygen atoms in total. The zero-order chi connectivity index (χ0) is 35.5. The summed E-state index contributed by atoms with van der Waals surface area (Å²) in [7, 11) is 0. The Balaban J connectivity index is 1.17. The summed E-state index contributed by atoms with van der Waals surface area (Å²) >= 11 is 0. The number of rotatable bonds is 10. The van der Waals surface area contributed by atoms with Gasteiger partial charge in [-0.3, -0.25) is 9.59 Å². The van der Waals surface area contributed by atoms with Gasteiger partial charge >= 0.3 is 0 Å². The highest BCUT2D eigenvalue weighted by Crippen LogP contribution is 2.56. The predicted octanol–water partition coefficient (Wildman–Crippen LogP) is 9.48. The summed E-state index contributed by atoms with van der Waals surface area (Å²) < 4.78 is 11.8. The molecular formula is C45H40N2O4. The van der Waals surface area contributed by atoms with Gasteiger partial charge in [-0.2, -0.15) is 0 Å². The first-order chi connectivity index (χ1) is 24.7. The number of ether oxygens (including phenoxy) is 2. The van der Waals surface area contributed by atoms with Crippen molar-refractivity contribution in [2.45, 2.75) is 45.3 Å². The molecule has 51 heavy (non-hydrogen) atoms. The van der Waals surface area contributed by atoms with Crippen LogP contribution in [0.25, 0.3) is 11.1 Å². The molecule has 1 aliphatic rings. The highest BCUT2D eigenvalue weighted by molar-refractivity contribution is 5.95. The van der Waals surface area contributed by atoms with Gasteiger partial charge in [0.2, 0.25) is 0 Å². The van der Waals surface area contributed by atoms with E-state index in [2.05, 4.69) is 83.4 Å². The number of carbonyl (C=O) groups is 2. The van der Waals surface area contributed by atoms with Gasteiger partial charge in [0.25, 0.3) is 11.8 Å². The number of hydrogen-bond acceptors (Lipinski definition) is 4. The molecule has 0 aliphatic heterocycles. The van der Waals surface area contributed by atoms with E-state index >= 15 is 0 Å². The third-order valence-corrected chi connectivity index (χ3v) is 9.53. The molecule has 6 heteroatoms. The minimum Gasteiger partial charge on any atom is -0.481 e. The van der Waals surface area contributed by atoms with E-state index in [1.165, 1.54) is 22.3 Å². The summed E-state index contributed by atoms with van der Waals surface area (Å²) in [6, 6.07) is 48.4. The molecule has 6 aromatic rings. The van der Waals surface area contributed by atoms with Crippen LogP contribution < -0.4 is 20.1 Å². The van der Waals surface area contributed by atoms with Crippen molar-refractivity contribution in [3.8, 4) is 22.6 Å². The topological polar surface area (TPSA) is 76.7 Å². The maximum absolute atomic E-state index is 13.1. The Kier molecular flexibility index (Phi) is 9.16. The molecule has 0 heterocycles. The fourth-order valence-electron chi connectivity index (χ4n) is 6.87. The minimum absolute atomic E-state index is 0.231. The Labute approximate surface area is 299 Å². The van der Waals surface area contributed by atoms with E-state index in [0.29, 0.717) is 22.9 Å². The number of anilines is 2. The number of carbonyl (C=O) groups excluding carboxylic acids is 2. The molecule has 0 spiro atoms. The van der Waals surface area contributed by atoms with E-state index in [0.717, 1.165) is 22.3 Å². The molecule has 0 saturated heterocycles. The molecule has 6 aromatic carbocycles. The van der Waals surface area contributed by atoms with Crippen LogP contribution in [0, 0.1) is 13.8 Å². The average molecular weight is 673 g/mol. The van der Waals surface area contributed by atoms with Gasteiger partial charge in [-0.05, 0) is 110 Å². The SMILES string of the molecule is Cc1ccc(OC(C)C(=O)Nc2ccc(C3(c4ccc(NC(=O)C(C)Oc5ccc(C)cc5)cc4)c4ccccc4-c4ccccc43)cc2)cc1. The van der Waals surface area contributed by atoms with Crippen LogP contribution in [0.3, 0.4) is 0 Å². The lowest BCUT2D eigenvalue weighted by Gasteiger charge is -2.34. The van der Waals surface area contributed by atoms with E-state index in [1.807, 2.05) is 86.6 Å². The number of fused-ring (bicyclic) bond motifs is 3. The Bertz CT molecular complexity index is 2010. The molecule has 7 rings (SSSR count). The molecule has 2 atom stereocenters. The zero-order valence-electron chi connectivity index (χ0n) is 29.1. The molecule has 0 radical (unpaired) electrons. The lowest BCUT2D eigenvalue weighted by Crippen LogP contribution is -2.31. The summed E-state index contributed by atoms with van der Waals surface area (Å²) in [5, 5.41) is 6.04.